The van der Waals surface area contributed by atoms with E-state index in [-0.39, 0.29) is 13.2 Å². The van der Waals surface area contributed by atoms with Crippen molar-refractivity contribution in [1.29, 1.82) is 0 Å². The summed E-state index contributed by atoms with van der Waals surface area (Å²) in [5, 5.41) is 3.62. The Morgan fingerprint density at radius 2 is 2.00 bits per heavy atom. The van der Waals surface area contributed by atoms with Crippen LogP contribution < -0.4 is 14.8 Å². The molecule has 2 aromatic heterocycles. The van der Waals surface area contributed by atoms with Crippen molar-refractivity contribution in [2.75, 3.05) is 31.3 Å². The first-order chi connectivity index (χ1) is 17.7. The first-order valence-electron chi connectivity index (χ1n) is 11.2. The lowest BCUT2D eigenvalue weighted by molar-refractivity contribution is 0.132. The second-order valence-corrected chi connectivity index (χ2v) is 10.3. The summed E-state index contributed by atoms with van der Waals surface area (Å²) in [6, 6.07) is 13.6. The number of anilines is 2. The number of fused-ring (bicyclic) bond motifs is 1. The maximum atomic E-state index is 13.4. The number of nitrogens with one attached hydrogen (secondary N) is 2. The van der Waals surface area contributed by atoms with Crippen LogP contribution in [-0.2, 0) is 21.3 Å². The third kappa shape index (κ3) is 7.26. The number of sulfonamides is 1. The van der Waals surface area contributed by atoms with Gasteiger partial charge in [-0.25, -0.2) is 27.5 Å². The average Bonchev–Trinajstić information content (AvgIpc) is 3.26. The van der Waals surface area contributed by atoms with Crippen molar-refractivity contribution in [1.82, 2.24) is 19.3 Å². The molecule has 0 fully saturated rings. The van der Waals surface area contributed by atoms with Crippen molar-refractivity contribution in [2.24, 2.45) is 0 Å². The molecule has 12 heteroatoms. The molecule has 0 atom stereocenters. The average molecular weight is 546 g/mol. The highest BCUT2D eigenvalue weighted by Crippen LogP contribution is 2.34. The first kappa shape index (κ1) is 26.6. The molecule has 0 aliphatic carbocycles. The summed E-state index contributed by atoms with van der Waals surface area (Å²) in [4.78, 5) is 8.71. The monoisotopic (exact) mass is 545 g/mol. The van der Waals surface area contributed by atoms with Crippen molar-refractivity contribution in [3.05, 3.63) is 78.2 Å². The molecule has 2 heterocycles. The molecule has 37 heavy (non-hydrogen) atoms. The number of halogens is 2. The fraction of sp³-hybridized carbons (Fsp3) is 0.200. The molecule has 194 valence electrons. The lowest BCUT2D eigenvalue weighted by atomic mass is 10.2. The Labute approximate surface area is 219 Å². The van der Waals surface area contributed by atoms with Gasteiger partial charge in [0.25, 0.3) is 0 Å². The SMILES string of the molecule is C=C(F)c1cccc(Oc2ccc(Nc3ncnc4ccn(CCOCCNS(C)(=O)=O)c34)cc2Cl)c1. The van der Waals surface area contributed by atoms with Crippen molar-refractivity contribution in [3.8, 4) is 11.5 Å². The van der Waals surface area contributed by atoms with E-state index < -0.39 is 15.9 Å². The van der Waals surface area contributed by atoms with E-state index in [2.05, 4.69) is 26.6 Å². The van der Waals surface area contributed by atoms with E-state index in [9.17, 15) is 12.8 Å². The summed E-state index contributed by atoms with van der Waals surface area (Å²) < 4.78 is 51.4. The Balaban J connectivity index is 1.44. The summed E-state index contributed by atoms with van der Waals surface area (Å²) in [5.74, 6) is 0.872. The number of hydrogen-bond donors (Lipinski definition) is 2. The van der Waals surface area contributed by atoms with Crippen LogP contribution in [0.15, 0.2) is 67.6 Å². The Kier molecular flexibility index (Phi) is 8.39. The van der Waals surface area contributed by atoms with Gasteiger partial charge in [-0.15, -0.1) is 0 Å². The zero-order valence-electron chi connectivity index (χ0n) is 19.9. The van der Waals surface area contributed by atoms with Gasteiger partial charge in [0.15, 0.2) is 5.82 Å². The molecule has 0 aliphatic heterocycles. The second kappa shape index (κ2) is 11.7. The molecule has 0 bridgehead atoms. The van der Waals surface area contributed by atoms with E-state index >= 15 is 0 Å². The van der Waals surface area contributed by atoms with Gasteiger partial charge in [-0.1, -0.05) is 30.3 Å². The van der Waals surface area contributed by atoms with E-state index in [0.717, 1.165) is 17.3 Å². The van der Waals surface area contributed by atoms with Crippen LogP contribution in [0.1, 0.15) is 5.56 Å². The van der Waals surface area contributed by atoms with Gasteiger partial charge < -0.3 is 19.4 Å². The number of benzene rings is 2. The molecule has 0 saturated heterocycles. The minimum atomic E-state index is -3.24. The summed E-state index contributed by atoms with van der Waals surface area (Å²) in [6.07, 6.45) is 4.45. The minimum absolute atomic E-state index is 0.207. The topological polar surface area (TPSA) is 107 Å². The van der Waals surface area contributed by atoms with Gasteiger partial charge in [0, 0.05) is 30.5 Å². The molecular formula is C25H25ClFN5O4S. The smallest absolute Gasteiger partial charge is 0.208 e. The summed E-state index contributed by atoms with van der Waals surface area (Å²) in [6.45, 7) is 4.66. The predicted molar refractivity (Wildman–Crippen MR) is 143 cm³/mol. The maximum absolute atomic E-state index is 13.4. The molecule has 0 radical (unpaired) electrons. The fourth-order valence-electron chi connectivity index (χ4n) is 3.53. The van der Waals surface area contributed by atoms with Gasteiger partial charge in [-0.2, -0.15) is 0 Å². The largest absolute Gasteiger partial charge is 0.456 e. The molecule has 9 nitrogen and oxygen atoms in total. The van der Waals surface area contributed by atoms with Gasteiger partial charge in [-0.05, 0) is 36.4 Å². The standard InChI is InChI=1S/C25H25ClFN5O4S/c1-17(27)18-4-3-5-20(14-18)36-23-7-6-19(15-21(23)26)31-25-24-22(28-16-29-25)8-10-32(24)11-13-35-12-9-30-37(2,33)34/h3-8,10,14-16,30H,1,9,11-13H2,2H3,(H,28,29,31). The predicted octanol–water partition coefficient (Wildman–Crippen LogP) is 5.13. The van der Waals surface area contributed by atoms with Crippen LogP contribution in [0.3, 0.4) is 0 Å². The van der Waals surface area contributed by atoms with Gasteiger partial charge in [-0.3, -0.25) is 0 Å². The number of aromatic nitrogens is 3. The van der Waals surface area contributed by atoms with E-state index in [0.29, 0.717) is 46.7 Å². The molecule has 4 rings (SSSR count). The molecule has 0 saturated carbocycles. The lowest BCUT2D eigenvalue weighted by Gasteiger charge is -2.13. The van der Waals surface area contributed by atoms with Crippen molar-refractivity contribution in [2.45, 2.75) is 6.54 Å². The Morgan fingerprint density at radius 3 is 2.76 bits per heavy atom. The van der Waals surface area contributed by atoms with Crippen LogP contribution in [0.2, 0.25) is 5.02 Å². The number of rotatable bonds is 12. The fourth-order valence-corrected chi connectivity index (χ4v) is 4.20. The van der Waals surface area contributed by atoms with E-state index in [1.165, 1.54) is 6.33 Å². The quantitative estimate of drug-likeness (QED) is 0.238. The highest BCUT2D eigenvalue weighted by atomic mass is 35.5. The highest BCUT2D eigenvalue weighted by Gasteiger charge is 2.12. The van der Waals surface area contributed by atoms with Crippen LogP contribution in [0.25, 0.3) is 16.9 Å². The lowest BCUT2D eigenvalue weighted by Crippen LogP contribution is -2.26. The second-order valence-electron chi connectivity index (χ2n) is 8.05. The summed E-state index contributed by atoms with van der Waals surface area (Å²) >= 11 is 6.46. The van der Waals surface area contributed by atoms with Gasteiger partial charge >= 0.3 is 0 Å². The molecule has 2 N–H and O–H groups in total. The van der Waals surface area contributed by atoms with E-state index in [1.807, 2.05) is 16.8 Å². The zero-order chi connectivity index (χ0) is 26.4. The number of hydrogen-bond acceptors (Lipinski definition) is 7. The van der Waals surface area contributed by atoms with Crippen LogP contribution in [0.4, 0.5) is 15.9 Å². The van der Waals surface area contributed by atoms with Crippen LogP contribution >= 0.6 is 11.6 Å². The van der Waals surface area contributed by atoms with Crippen LogP contribution in [0, 0.1) is 0 Å². The van der Waals surface area contributed by atoms with E-state index in [4.69, 9.17) is 21.1 Å². The van der Waals surface area contributed by atoms with Crippen LogP contribution in [-0.4, -0.2) is 49.0 Å². The van der Waals surface area contributed by atoms with Gasteiger partial charge in [0.05, 0.1) is 30.0 Å². The summed E-state index contributed by atoms with van der Waals surface area (Å²) in [5.41, 5.74) is 2.54. The normalized spacial score (nSPS) is 11.5. The third-order valence-electron chi connectivity index (χ3n) is 5.21. The third-order valence-corrected chi connectivity index (χ3v) is 6.23. The molecule has 2 aromatic carbocycles. The van der Waals surface area contributed by atoms with Crippen LogP contribution in [0.5, 0.6) is 11.5 Å². The molecule has 0 spiro atoms. The highest BCUT2D eigenvalue weighted by molar-refractivity contribution is 7.88. The molecule has 0 amide bonds. The minimum Gasteiger partial charge on any atom is -0.456 e. The van der Waals surface area contributed by atoms with Gasteiger partial charge in [0.2, 0.25) is 10.0 Å². The van der Waals surface area contributed by atoms with Crippen molar-refractivity contribution >= 4 is 50.0 Å². The Hall–Kier alpha value is -3.51. The molecule has 0 aliphatic rings. The van der Waals surface area contributed by atoms with Crippen molar-refractivity contribution in [3.63, 3.8) is 0 Å². The summed E-state index contributed by atoms with van der Waals surface area (Å²) in [7, 11) is -3.24. The first-order valence-corrected chi connectivity index (χ1v) is 13.5. The Bertz CT molecular complexity index is 1530. The number of ether oxygens (including phenoxy) is 2. The zero-order valence-corrected chi connectivity index (χ0v) is 21.5. The molecule has 4 aromatic rings. The molecule has 0 unspecified atom stereocenters. The van der Waals surface area contributed by atoms with Gasteiger partial charge in [0.1, 0.15) is 29.2 Å². The molecular weight excluding hydrogens is 521 g/mol. The van der Waals surface area contributed by atoms with E-state index in [1.54, 1.807) is 42.5 Å². The maximum Gasteiger partial charge on any atom is 0.208 e. The Morgan fingerprint density at radius 1 is 1.16 bits per heavy atom. The van der Waals surface area contributed by atoms with Crippen molar-refractivity contribution < 1.29 is 22.3 Å². The number of nitrogens with zero attached hydrogens (tertiary/aromatic N) is 3.